The van der Waals surface area contributed by atoms with Crippen LogP contribution in [0.25, 0.3) is 0 Å². The molecule has 0 aliphatic rings. The zero-order valence-electron chi connectivity index (χ0n) is 18.2. The van der Waals surface area contributed by atoms with Gasteiger partial charge in [-0.2, -0.15) is 0 Å². The van der Waals surface area contributed by atoms with Crippen LogP contribution in [-0.2, 0) is 13.1 Å². The topological polar surface area (TPSA) is 80.1 Å². The number of nitrogens with one attached hydrogen (secondary N) is 1. The van der Waals surface area contributed by atoms with E-state index in [2.05, 4.69) is 29.0 Å². The highest BCUT2D eigenvalue weighted by Crippen LogP contribution is 2.26. The summed E-state index contributed by atoms with van der Waals surface area (Å²) in [5.74, 6) is 1.84. The fourth-order valence-electron chi connectivity index (χ4n) is 2.79. The Kier molecular flexibility index (Phi) is 8.48. The van der Waals surface area contributed by atoms with Crippen molar-refractivity contribution in [1.29, 1.82) is 0 Å². The Balaban J connectivity index is 2.06. The van der Waals surface area contributed by atoms with Gasteiger partial charge in [-0.15, -0.1) is 0 Å². The number of benzene rings is 1. The fourth-order valence-corrected chi connectivity index (χ4v) is 2.79. The summed E-state index contributed by atoms with van der Waals surface area (Å²) in [4.78, 5) is 20.8. The first-order valence-electron chi connectivity index (χ1n) is 9.66. The molecule has 8 nitrogen and oxygen atoms in total. The SMILES string of the molecule is COc1ccc(OC)c(CN(Cc2nc(C(=O)NCCN(C)C)co2)C(C)C)c1. The van der Waals surface area contributed by atoms with Gasteiger partial charge in [-0.3, -0.25) is 9.69 Å². The van der Waals surface area contributed by atoms with Crippen LogP contribution in [0.5, 0.6) is 11.5 Å². The van der Waals surface area contributed by atoms with E-state index in [1.807, 2.05) is 37.2 Å². The molecule has 0 aliphatic carbocycles. The van der Waals surface area contributed by atoms with E-state index in [-0.39, 0.29) is 11.9 Å². The third-order valence-electron chi connectivity index (χ3n) is 4.56. The summed E-state index contributed by atoms with van der Waals surface area (Å²) in [7, 11) is 7.21. The quantitative estimate of drug-likeness (QED) is 0.616. The van der Waals surface area contributed by atoms with Crippen molar-refractivity contribution in [2.24, 2.45) is 0 Å². The second-order valence-corrected chi connectivity index (χ2v) is 7.36. The zero-order chi connectivity index (χ0) is 21.4. The first-order chi connectivity index (χ1) is 13.8. The summed E-state index contributed by atoms with van der Waals surface area (Å²) in [6.45, 7) is 6.63. The van der Waals surface area contributed by atoms with Crippen LogP contribution < -0.4 is 14.8 Å². The molecule has 1 aromatic carbocycles. The lowest BCUT2D eigenvalue weighted by atomic mass is 10.1. The number of aromatic nitrogens is 1. The van der Waals surface area contributed by atoms with Crippen LogP contribution in [0.2, 0.25) is 0 Å². The van der Waals surface area contributed by atoms with Crippen molar-refractivity contribution in [2.45, 2.75) is 33.0 Å². The molecule has 2 aromatic rings. The number of oxazole rings is 1. The molecule has 1 aromatic heterocycles. The number of carbonyl (C=O) groups excluding carboxylic acids is 1. The van der Waals surface area contributed by atoms with Gasteiger partial charge in [0.15, 0.2) is 5.69 Å². The molecule has 0 saturated carbocycles. The Hall–Kier alpha value is -2.58. The highest BCUT2D eigenvalue weighted by Gasteiger charge is 2.19. The Morgan fingerprint density at radius 2 is 1.97 bits per heavy atom. The lowest BCUT2D eigenvalue weighted by Crippen LogP contribution is -2.32. The lowest BCUT2D eigenvalue weighted by Gasteiger charge is -2.26. The van der Waals surface area contributed by atoms with Crippen molar-refractivity contribution in [3.8, 4) is 11.5 Å². The average molecular weight is 405 g/mol. The zero-order valence-corrected chi connectivity index (χ0v) is 18.2. The van der Waals surface area contributed by atoms with Crippen LogP contribution >= 0.6 is 0 Å². The van der Waals surface area contributed by atoms with Gasteiger partial charge in [0.2, 0.25) is 5.89 Å². The molecule has 1 N–H and O–H groups in total. The maximum absolute atomic E-state index is 12.2. The van der Waals surface area contributed by atoms with Crippen LogP contribution in [-0.4, -0.2) is 68.1 Å². The highest BCUT2D eigenvalue weighted by atomic mass is 16.5. The second kappa shape index (κ2) is 10.8. The number of likely N-dealkylation sites (N-methyl/N-ethyl adjacent to an activating group) is 1. The van der Waals surface area contributed by atoms with E-state index in [0.29, 0.717) is 31.2 Å². The van der Waals surface area contributed by atoms with Crippen LogP contribution in [0.4, 0.5) is 0 Å². The number of carbonyl (C=O) groups is 1. The number of ether oxygens (including phenoxy) is 2. The molecular formula is C21H32N4O4. The van der Waals surface area contributed by atoms with Gasteiger partial charge in [0.05, 0.1) is 20.8 Å². The summed E-state index contributed by atoms with van der Waals surface area (Å²) >= 11 is 0. The van der Waals surface area contributed by atoms with Crippen molar-refractivity contribution in [3.05, 3.63) is 41.6 Å². The molecule has 160 valence electrons. The third kappa shape index (κ3) is 6.76. The molecule has 2 rings (SSSR count). The predicted molar refractivity (Wildman–Crippen MR) is 111 cm³/mol. The number of hydrogen-bond acceptors (Lipinski definition) is 7. The van der Waals surface area contributed by atoms with E-state index in [1.54, 1.807) is 14.2 Å². The molecule has 0 atom stereocenters. The summed E-state index contributed by atoms with van der Waals surface area (Å²) in [5, 5.41) is 2.84. The van der Waals surface area contributed by atoms with Crippen molar-refractivity contribution >= 4 is 5.91 Å². The second-order valence-electron chi connectivity index (χ2n) is 7.36. The van der Waals surface area contributed by atoms with E-state index in [0.717, 1.165) is 23.6 Å². The van der Waals surface area contributed by atoms with Crippen LogP contribution in [0, 0.1) is 0 Å². The van der Waals surface area contributed by atoms with Gasteiger partial charge >= 0.3 is 0 Å². The van der Waals surface area contributed by atoms with Crippen molar-refractivity contribution < 1.29 is 18.7 Å². The standard InChI is InChI=1S/C21H32N4O4/c1-15(2)25(12-16-11-17(27-5)7-8-19(16)28-6)13-20-23-18(14-29-20)21(26)22-9-10-24(3)4/h7-8,11,14-15H,9-10,12-13H2,1-6H3,(H,22,26). The van der Waals surface area contributed by atoms with Crippen molar-refractivity contribution in [3.63, 3.8) is 0 Å². The van der Waals surface area contributed by atoms with Gasteiger partial charge in [0.1, 0.15) is 17.8 Å². The molecule has 0 spiro atoms. The number of hydrogen-bond donors (Lipinski definition) is 1. The van der Waals surface area contributed by atoms with Crippen LogP contribution in [0.3, 0.4) is 0 Å². The smallest absolute Gasteiger partial charge is 0.273 e. The van der Waals surface area contributed by atoms with Crippen LogP contribution in [0.15, 0.2) is 28.9 Å². The average Bonchev–Trinajstić information content (AvgIpc) is 3.15. The van der Waals surface area contributed by atoms with Gasteiger partial charge in [-0.1, -0.05) is 0 Å². The molecule has 1 amide bonds. The van der Waals surface area contributed by atoms with Gasteiger partial charge < -0.3 is 24.1 Å². The molecular weight excluding hydrogens is 372 g/mol. The normalized spacial score (nSPS) is 11.3. The molecule has 1 heterocycles. The number of nitrogens with zero attached hydrogens (tertiary/aromatic N) is 3. The van der Waals surface area contributed by atoms with E-state index in [9.17, 15) is 4.79 Å². The number of amides is 1. The molecule has 0 radical (unpaired) electrons. The molecule has 29 heavy (non-hydrogen) atoms. The fraction of sp³-hybridized carbons (Fsp3) is 0.524. The number of rotatable bonds is 11. The lowest BCUT2D eigenvalue weighted by molar-refractivity contribution is 0.0946. The first-order valence-corrected chi connectivity index (χ1v) is 9.66. The Morgan fingerprint density at radius 1 is 1.21 bits per heavy atom. The van der Waals surface area contributed by atoms with Crippen molar-refractivity contribution in [1.82, 2.24) is 20.1 Å². The van der Waals surface area contributed by atoms with Gasteiger partial charge in [-0.05, 0) is 46.1 Å². The Labute approximate surface area is 172 Å². The van der Waals surface area contributed by atoms with Gasteiger partial charge in [0.25, 0.3) is 5.91 Å². The third-order valence-corrected chi connectivity index (χ3v) is 4.56. The summed E-state index contributed by atoms with van der Waals surface area (Å²) in [6, 6.07) is 5.97. The van der Waals surface area contributed by atoms with Crippen molar-refractivity contribution in [2.75, 3.05) is 41.4 Å². The minimum absolute atomic E-state index is 0.229. The van der Waals surface area contributed by atoms with Gasteiger partial charge in [0, 0.05) is 31.2 Å². The predicted octanol–water partition coefficient (Wildman–Crippen LogP) is 2.39. The first kappa shape index (κ1) is 22.7. The minimum Gasteiger partial charge on any atom is -0.497 e. The summed E-state index contributed by atoms with van der Waals surface area (Å²) in [5.41, 5.74) is 1.30. The summed E-state index contributed by atoms with van der Waals surface area (Å²) < 4.78 is 16.4. The van der Waals surface area contributed by atoms with Crippen LogP contribution in [0.1, 0.15) is 35.8 Å². The Bertz CT molecular complexity index is 789. The molecule has 0 bridgehead atoms. The van der Waals surface area contributed by atoms with E-state index in [4.69, 9.17) is 13.9 Å². The minimum atomic E-state index is -0.229. The number of methoxy groups -OCH3 is 2. The molecule has 0 saturated heterocycles. The largest absolute Gasteiger partial charge is 0.497 e. The maximum atomic E-state index is 12.2. The Morgan fingerprint density at radius 3 is 2.59 bits per heavy atom. The highest BCUT2D eigenvalue weighted by molar-refractivity contribution is 5.91. The monoisotopic (exact) mass is 404 g/mol. The van der Waals surface area contributed by atoms with E-state index in [1.165, 1.54) is 6.26 Å². The molecule has 0 fully saturated rings. The summed E-state index contributed by atoms with van der Waals surface area (Å²) in [6.07, 6.45) is 1.41. The molecule has 0 unspecified atom stereocenters. The van der Waals surface area contributed by atoms with E-state index < -0.39 is 0 Å². The van der Waals surface area contributed by atoms with Gasteiger partial charge in [-0.25, -0.2) is 4.98 Å². The molecule has 8 heteroatoms. The maximum Gasteiger partial charge on any atom is 0.273 e. The van der Waals surface area contributed by atoms with E-state index >= 15 is 0 Å². The molecule has 0 aliphatic heterocycles.